The third-order valence-corrected chi connectivity index (χ3v) is 4.69. The number of hydrogen-bond acceptors (Lipinski definition) is 4. The van der Waals surface area contributed by atoms with E-state index in [4.69, 9.17) is 10.5 Å². The highest BCUT2D eigenvalue weighted by atomic mass is 16.5. The minimum Gasteiger partial charge on any atom is -0.477 e. The average molecular weight is 367 g/mol. The maximum atomic E-state index is 13.1. The van der Waals surface area contributed by atoms with E-state index in [1.54, 1.807) is 17.0 Å². The fraction of sp³-hybridized carbons (Fsp3) is 0.333. The number of primary amides is 1. The van der Waals surface area contributed by atoms with Gasteiger partial charge in [-0.05, 0) is 31.5 Å². The molecule has 1 atom stereocenters. The van der Waals surface area contributed by atoms with Gasteiger partial charge in [0, 0.05) is 12.6 Å². The van der Waals surface area contributed by atoms with Gasteiger partial charge in [0.2, 0.25) is 5.91 Å². The molecule has 0 unspecified atom stereocenters. The van der Waals surface area contributed by atoms with Crippen LogP contribution in [-0.2, 0) is 16.1 Å². The van der Waals surface area contributed by atoms with Crippen molar-refractivity contribution in [2.24, 2.45) is 5.73 Å². The molecule has 1 heterocycles. The molecule has 0 aromatic heterocycles. The van der Waals surface area contributed by atoms with Gasteiger partial charge in [0.1, 0.15) is 5.75 Å². The number of nitrogens with zero attached hydrogens (tertiary/aromatic N) is 2. The summed E-state index contributed by atoms with van der Waals surface area (Å²) >= 11 is 0. The lowest BCUT2D eigenvalue weighted by Crippen LogP contribution is -2.52. The fourth-order valence-electron chi connectivity index (χ4n) is 3.12. The molecular formula is C21H25N3O3. The Balaban J connectivity index is 1.79. The molecule has 0 saturated heterocycles. The molecule has 142 valence electrons. The summed E-state index contributed by atoms with van der Waals surface area (Å²) in [5.41, 5.74) is 7.25. The largest absolute Gasteiger partial charge is 0.477 e. The zero-order chi connectivity index (χ0) is 19.4. The van der Waals surface area contributed by atoms with Gasteiger partial charge in [0.15, 0.2) is 6.10 Å². The summed E-state index contributed by atoms with van der Waals surface area (Å²) in [6.45, 7) is 5.18. The second kappa shape index (κ2) is 8.22. The summed E-state index contributed by atoms with van der Waals surface area (Å²) in [7, 11) is 0. The van der Waals surface area contributed by atoms with Crippen LogP contribution in [0.3, 0.4) is 0 Å². The minimum atomic E-state index is -0.842. The summed E-state index contributed by atoms with van der Waals surface area (Å²) < 4.78 is 5.64. The monoisotopic (exact) mass is 367 g/mol. The molecule has 0 spiro atoms. The number of nitrogens with two attached hydrogens (primary N) is 1. The van der Waals surface area contributed by atoms with Crippen LogP contribution >= 0.6 is 0 Å². The van der Waals surface area contributed by atoms with Crippen molar-refractivity contribution in [3.05, 3.63) is 60.2 Å². The van der Waals surface area contributed by atoms with Crippen LogP contribution < -0.4 is 15.4 Å². The van der Waals surface area contributed by atoms with Crippen LogP contribution in [0.1, 0.15) is 19.4 Å². The minimum absolute atomic E-state index is 0.0818. The smallest absolute Gasteiger partial charge is 0.260 e. The van der Waals surface area contributed by atoms with Crippen LogP contribution in [-0.4, -0.2) is 41.9 Å². The number of fused-ring (bicyclic) bond motifs is 1. The molecule has 0 bridgehead atoms. The molecule has 2 aromatic rings. The van der Waals surface area contributed by atoms with E-state index in [-0.39, 0.29) is 25.0 Å². The van der Waals surface area contributed by atoms with E-state index in [0.29, 0.717) is 18.0 Å². The molecule has 2 aromatic carbocycles. The van der Waals surface area contributed by atoms with Crippen molar-refractivity contribution >= 4 is 17.5 Å². The van der Waals surface area contributed by atoms with Crippen molar-refractivity contribution in [1.29, 1.82) is 0 Å². The van der Waals surface area contributed by atoms with Crippen LogP contribution in [0, 0.1) is 0 Å². The highest BCUT2D eigenvalue weighted by molar-refractivity contribution is 5.98. The van der Waals surface area contributed by atoms with Crippen LogP contribution in [0.5, 0.6) is 5.75 Å². The highest BCUT2D eigenvalue weighted by Crippen LogP contribution is 2.33. The standard InChI is InChI=1S/C21H25N3O3/c1-15(2)23(12-16-8-4-3-5-9-16)14-20(25)24-13-19(21(22)26)27-18-11-7-6-10-17(18)24/h3-11,15,19H,12-14H2,1-2H3,(H2,22,26)/t19-/m0/s1. The summed E-state index contributed by atoms with van der Waals surface area (Å²) in [5.74, 6) is -0.158. The van der Waals surface area contributed by atoms with Crippen molar-refractivity contribution in [2.45, 2.75) is 32.5 Å². The summed E-state index contributed by atoms with van der Waals surface area (Å²) in [6, 6.07) is 17.5. The molecule has 0 fully saturated rings. The van der Waals surface area contributed by atoms with Gasteiger partial charge >= 0.3 is 0 Å². The molecule has 0 radical (unpaired) electrons. The molecule has 2 N–H and O–H groups in total. The predicted octanol–water partition coefficient (Wildman–Crippen LogP) is 2.18. The van der Waals surface area contributed by atoms with Gasteiger partial charge in [0.05, 0.1) is 18.8 Å². The number of carbonyl (C=O) groups excluding carboxylic acids is 2. The Bertz CT molecular complexity index is 807. The van der Waals surface area contributed by atoms with Crippen LogP contribution in [0.15, 0.2) is 54.6 Å². The quantitative estimate of drug-likeness (QED) is 0.849. The maximum Gasteiger partial charge on any atom is 0.260 e. The Morgan fingerprint density at radius 3 is 2.48 bits per heavy atom. The zero-order valence-electron chi connectivity index (χ0n) is 15.7. The number of hydrogen-bond donors (Lipinski definition) is 1. The van der Waals surface area contributed by atoms with E-state index in [1.807, 2.05) is 42.5 Å². The van der Waals surface area contributed by atoms with Gasteiger partial charge in [-0.25, -0.2) is 0 Å². The first kappa shape index (κ1) is 18.9. The molecule has 27 heavy (non-hydrogen) atoms. The van der Waals surface area contributed by atoms with E-state index >= 15 is 0 Å². The lowest BCUT2D eigenvalue weighted by atomic mass is 10.1. The third kappa shape index (κ3) is 4.46. The summed E-state index contributed by atoms with van der Waals surface area (Å²) in [4.78, 5) is 28.5. The zero-order valence-corrected chi connectivity index (χ0v) is 15.7. The second-order valence-corrected chi connectivity index (χ2v) is 6.97. The molecular weight excluding hydrogens is 342 g/mol. The highest BCUT2D eigenvalue weighted by Gasteiger charge is 2.33. The molecule has 3 rings (SSSR count). The van der Waals surface area contributed by atoms with Crippen molar-refractivity contribution in [3.63, 3.8) is 0 Å². The van der Waals surface area contributed by atoms with Crippen molar-refractivity contribution < 1.29 is 14.3 Å². The van der Waals surface area contributed by atoms with E-state index in [0.717, 1.165) is 5.56 Å². The van der Waals surface area contributed by atoms with Gasteiger partial charge in [-0.15, -0.1) is 0 Å². The van der Waals surface area contributed by atoms with Crippen molar-refractivity contribution in [2.75, 3.05) is 18.0 Å². The molecule has 1 aliphatic rings. The number of anilines is 1. The van der Waals surface area contributed by atoms with Gasteiger partial charge in [-0.3, -0.25) is 14.5 Å². The SMILES string of the molecule is CC(C)N(CC(=O)N1C[C@@H](C(N)=O)Oc2ccccc21)Cc1ccccc1. The molecule has 2 amide bonds. The summed E-state index contributed by atoms with van der Waals surface area (Å²) in [5, 5.41) is 0. The molecule has 6 nitrogen and oxygen atoms in total. The first-order valence-corrected chi connectivity index (χ1v) is 9.09. The maximum absolute atomic E-state index is 13.1. The number of rotatable bonds is 6. The number of benzene rings is 2. The molecule has 1 aliphatic heterocycles. The first-order valence-electron chi connectivity index (χ1n) is 9.09. The molecule has 0 aliphatic carbocycles. The van der Waals surface area contributed by atoms with Gasteiger partial charge in [-0.2, -0.15) is 0 Å². The van der Waals surface area contributed by atoms with E-state index in [2.05, 4.69) is 18.7 Å². The number of ether oxygens (including phenoxy) is 1. The van der Waals surface area contributed by atoms with Gasteiger partial charge in [0.25, 0.3) is 5.91 Å². The lowest BCUT2D eigenvalue weighted by molar-refractivity contribution is -0.125. The van der Waals surface area contributed by atoms with Gasteiger partial charge < -0.3 is 15.4 Å². The number of carbonyl (C=O) groups is 2. The molecule has 0 saturated carbocycles. The molecule has 6 heteroatoms. The van der Waals surface area contributed by atoms with Crippen LogP contribution in [0.2, 0.25) is 0 Å². The lowest BCUT2D eigenvalue weighted by Gasteiger charge is -2.35. The Kier molecular flexibility index (Phi) is 5.76. The van der Waals surface area contributed by atoms with E-state index in [9.17, 15) is 9.59 Å². The fourth-order valence-corrected chi connectivity index (χ4v) is 3.12. The Hall–Kier alpha value is -2.86. The van der Waals surface area contributed by atoms with Crippen molar-refractivity contribution in [3.8, 4) is 5.75 Å². The topological polar surface area (TPSA) is 75.9 Å². The van der Waals surface area contributed by atoms with Crippen LogP contribution in [0.4, 0.5) is 5.69 Å². The normalized spacial score (nSPS) is 16.1. The average Bonchev–Trinajstić information content (AvgIpc) is 2.67. The Labute approximate surface area is 159 Å². The van der Waals surface area contributed by atoms with Gasteiger partial charge in [-0.1, -0.05) is 42.5 Å². The Morgan fingerprint density at radius 2 is 1.81 bits per heavy atom. The Morgan fingerprint density at radius 1 is 1.15 bits per heavy atom. The van der Waals surface area contributed by atoms with Crippen LogP contribution in [0.25, 0.3) is 0 Å². The third-order valence-electron chi connectivity index (χ3n) is 4.69. The number of para-hydroxylation sites is 2. The first-order chi connectivity index (χ1) is 13.0. The number of amides is 2. The predicted molar refractivity (Wildman–Crippen MR) is 104 cm³/mol. The van der Waals surface area contributed by atoms with E-state index < -0.39 is 12.0 Å². The van der Waals surface area contributed by atoms with E-state index in [1.165, 1.54) is 0 Å². The second-order valence-electron chi connectivity index (χ2n) is 6.97. The van der Waals surface area contributed by atoms with Crippen molar-refractivity contribution in [1.82, 2.24) is 4.90 Å². The summed E-state index contributed by atoms with van der Waals surface area (Å²) in [6.07, 6.45) is -0.842.